The molecule has 4 nitrogen and oxygen atoms in total. The molecule has 1 aromatic carbocycles. The summed E-state index contributed by atoms with van der Waals surface area (Å²) in [5.41, 5.74) is 7.64. The lowest BCUT2D eigenvalue weighted by atomic mass is 10.1. The Morgan fingerprint density at radius 2 is 2.19 bits per heavy atom. The fourth-order valence-corrected chi connectivity index (χ4v) is 2.93. The van der Waals surface area contributed by atoms with Gasteiger partial charge in [0.1, 0.15) is 5.01 Å². The van der Waals surface area contributed by atoms with Crippen LogP contribution in [0.4, 0.5) is 5.69 Å². The summed E-state index contributed by atoms with van der Waals surface area (Å²) in [5.74, 6) is 0.0269. The Labute approximate surface area is 129 Å². The molecule has 0 fully saturated rings. The van der Waals surface area contributed by atoms with Gasteiger partial charge in [0, 0.05) is 23.2 Å². The molecule has 3 N–H and O–H groups in total. The van der Waals surface area contributed by atoms with Crippen LogP contribution in [-0.2, 0) is 17.6 Å². The Balaban J connectivity index is 1.85. The van der Waals surface area contributed by atoms with Crippen LogP contribution in [0.5, 0.6) is 0 Å². The molecule has 1 unspecified atom stereocenters. The van der Waals surface area contributed by atoms with Crippen LogP contribution in [0.3, 0.4) is 0 Å². The molecule has 0 saturated heterocycles. The van der Waals surface area contributed by atoms with Crippen LogP contribution in [0.15, 0.2) is 30.5 Å². The molecule has 1 aromatic heterocycles. The average molecular weight is 303 g/mol. The van der Waals surface area contributed by atoms with Gasteiger partial charge in [-0.2, -0.15) is 0 Å². The van der Waals surface area contributed by atoms with Crippen LogP contribution in [0.2, 0.25) is 0 Å². The van der Waals surface area contributed by atoms with Gasteiger partial charge in [-0.05, 0) is 31.4 Å². The number of aryl methyl sites for hydroxylation is 2. The molecule has 5 heteroatoms. The van der Waals surface area contributed by atoms with Crippen LogP contribution in [0.1, 0.15) is 41.8 Å². The number of para-hydroxylation sites is 1. The molecule has 0 radical (unpaired) electrons. The van der Waals surface area contributed by atoms with E-state index in [1.54, 1.807) is 11.3 Å². The predicted molar refractivity (Wildman–Crippen MR) is 87.2 cm³/mol. The number of carbonyl (C=O) groups is 1. The molecule has 1 atom stereocenters. The Bertz CT molecular complexity index is 609. The molecule has 0 saturated carbocycles. The molecule has 0 spiro atoms. The molecule has 0 aliphatic rings. The maximum Gasteiger partial charge on any atom is 0.220 e. The SMILES string of the molecule is CCc1cnc(C(C)NC(=O)CCc2ccccc2N)s1. The highest BCUT2D eigenvalue weighted by Gasteiger charge is 2.13. The largest absolute Gasteiger partial charge is 0.399 e. The first-order chi connectivity index (χ1) is 10.1. The Kier molecular flexibility index (Phi) is 5.33. The van der Waals surface area contributed by atoms with Gasteiger partial charge >= 0.3 is 0 Å². The molecule has 0 aliphatic carbocycles. The van der Waals surface area contributed by atoms with Gasteiger partial charge in [0.05, 0.1) is 6.04 Å². The second-order valence-electron chi connectivity index (χ2n) is 5.01. The van der Waals surface area contributed by atoms with Gasteiger partial charge in [0.15, 0.2) is 0 Å². The van der Waals surface area contributed by atoms with Crippen molar-refractivity contribution < 1.29 is 4.79 Å². The number of nitrogen functional groups attached to an aromatic ring is 1. The minimum absolute atomic E-state index is 0.0269. The molecule has 0 bridgehead atoms. The van der Waals surface area contributed by atoms with Crippen molar-refractivity contribution in [1.82, 2.24) is 10.3 Å². The van der Waals surface area contributed by atoms with Gasteiger partial charge in [-0.15, -0.1) is 11.3 Å². The van der Waals surface area contributed by atoms with Crippen molar-refractivity contribution in [2.24, 2.45) is 0 Å². The van der Waals surface area contributed by atoms with Crippen molar-refractivity contribution in [3.63, 3.8) is 0 Å². The predicted octanol–water partition coefficient (Wildman–Crippen LogP) is 3.10. The number of aromatic nitrogens is 1. The zero-order chi connectivity index (χ0) is 15.2. The number of anilines is 1. The van der Waals surface area contributed by atoms with E-state index in [4.69, 9.17) is 5.73 Å². The van der Waals surface area contributed by atoms with Gasteiger partial charge in [0.2, 0.25) is 5.91 Å². The topological polar surface area (TPSA) is 68.0 Å². The quantitative estimate of drug-likeness (QED) is 0.806. The monoisotopic (exact) mass is 303 g/mol. The first-order valence-corrected chi connectivity index (χ1v) is 7.99. The van der Waals surface area contributed by atoms with Gasteiger partial charge in [-0.1, -0.05) is 25.1 Å². The van der Waals surface area contributed by atoms with Crippen LogP contribution >= 0.6 is 11.3 Å². The zero-order valence-electron chi connectivity index (χ0n) is 12.4. The highest BCUT2D eigenvalue weighted by molar-refractivity contribution is 7.11. The van der Waals surface area contributed by atoms with Crippen molar-refractivity contribution in [1.29, 1.82) is 0 Å². The van der Waals surface area contributed by atoms with Gasteiger partial charge < -0.3 is 11.1 Å². The van der Waals surface area contributed by atoms with E-state index in [1.165, 1.54) is 4.88 Å². The number of benzene rings is 1. The van der Waals surface area contributed by atoms with Crippen LogP contribution in [0.25, 0.3) is 0 Å². The van der Waals surface area contributed by atoms with E-state index < -0.39 is 0 Å². The summed E-state index contributed by atoms with van der Waals surface area (Å²) in [4.78, 5) is 17.6. The number of rotatable bonds is 6. The first kappa shape index (κ1) is 15.5. The lowest BCUT2D eigenvalue weighted by Gasteiger charge is -2.11. The number of hydrogen-bond donors (Lipinski definition) is 2. The zero-order valence-corrected chi connectivity index (χ0v) is 13.2. The van der Waals surface area contributed by atoms with Crippen molar-refractivity contribution in [3.8, 4) is 0 Å². The summed E-state index contributed by atoms with van der Waals surface area (Å²) >= 11 is 1.65. The minimum atomic E-state index is -0.0454. The normalized spacial score (nSPS) is 12.1. The summed E-state index contributed by atoms with van der Waals surface area (Å²) in [6.07, 6.45) is 3.95. The lowest BCUT2D eigenvalue weighted by Crippen LogP contribution is -2.26. The average Bonchev–Trinajstić information content (AvgIpc) is 2.95. The number of nitrogens with one attached hydrogen (secondary N) is 1. The van der Waals surface area contributed by atoms with E-state index in [0.29, 0.717) is 12.8 Å². The minimum Gasteiger partial charge on any atom is -0.399 e. The first-order valence-electron chi connectivity index (χ1n) is 7.17. The number of thiazole rings is 1. The highest BCUT2D eigenvalue weighted by atomic mass is 32.1. The van der Waals surface area contributed by atoms with E-state index in [1.807, 2.05) is 37.4 Å². The third-order valence-electron chi connectivity index (χ3n) is 3.34. The molecule has 1 heterocycles. The summed E-state index contributed by atoms with van der Waals surface area (Å²) in [5, 5.41) is 3.95. The Morgan fingerprint density at radius 3 is 2.86 bits per heavy atom. The summed E-state index contributed by atoms with van der Waals surface area (Å²) in [6.45, 7) is 4.07. The standard InChI is InChI=1S/C16H21N3OS/c1-3-13-10-18-16(21-13)11(2)19-15(20)9-8-12-6-4-5-7-14(12)17/h4-7,10-11H,3,8-9,17H2,1-2H3,(H,19,20). The number of carbonyl (C=O) groups excluding carboxylic acids is 1. The maximum atomic E-state index is 12.0. The summed E-state index contributed by atoms with van der Waals surface area (Å²) < 4.78 is 0. The number of nitrogens with two attached hydrogens (primary N) is 1. The number of hydrogen-bond acceptors (Lipinski definition) is 4. The second-order valence-corrected chi connectivity index (χ2v) is 6.15. The molecule has 112 valence electrons. The second kappa shape index (κ2) is 7.22. The van der Waals surface area contributed by atoms with Crippen LogP contribution in [0, 0.1) is 0 Å². The molecular weight excluding hydrogens is 282 g/mol. The third-order valence-corrected chi connectivity index (χ3v) is 4.67. The molecular formula is C16H21N3OS. The van der Waals surface area contributed by atoms with E-state index in [9.17, 15) is 4.79 Å². The van der Waals surface area contributed by atoms with Crippen LogP contribution < -0.4 is 11.1 Å². The number of amides is 1. The maximum absolute atomic E-state index is 12.0. The van der Waals surface area contributed by atoms with Crippen molar-refractivity contribution in [2.75, 3.05) is 5.73 Å². The van der Waals surface area contributed by atoms with E-state index in [0.717, 1.165) is 22.7 Å². The number of nitrogens with zero attached hydrogens (tertiary/aromatic N) is 1. The highest BCUT2D eigenvalue weighted by Crippen LogP contribution is 2.20. The fourth-order valence-electron chi connectivity index (χ4n) is 2.07. The Hall–Kier alpha value is -1.88. The molecule has 2 rings (SSSR count). The molecule has 21 heavy (non-hydrogen) atoms. The fraction of sp³-hybridized carbons (Fsp3) is 0.375. The van der Waals surface area contributed by atoms with Gasteiger partial charge in [-0.25, -0.2) is 4.98 Å². The van der Waals surface area contributed by atoms with Crippen LogP contribution in [-0.4, -0.2) is 10.9 Å². The smallest absolute Gasteiger partial charge is 0.220 e. The van der Waals surface area contributed by atoms with Gasteiger partial charge in [-0.3, -0.25) is 4.79 Å². The Morgan fingerprint density at radius 1 is 1.43 bits per heavy atom. The molecule has 1 amide bonds. The van der Waals surface area contributed by atoms with Gasteiger partial charge in [0.25, 0.3) is 0 Å². The summed E-state index contributed by atoms with van der Waals surface area (Å²) in [6, 6.07) is 7.61. The molecule has 0 aliphatic heterocycles. The van der Waals surface area contributed by atoms with Crippen molar-refractivity contribution in [3.05, 3.63) is 45.9 Å². The van der Waals surface area contributed by atoms with E-state index >= 15 is 0 Å². The summed E-state index contributed by atoms with van der Waals surface area (Å²) in [7, 11) is 0. The van der Waals surface area contributed by atoms with E-state index in [2.05, 4.69) is 17.2 Å². The van der Waals surface area contributed by atoms with Crippen molar-refractivity contribution in [2.45, 2.75) is 39.2 Å². The molecule has 2 aromatic rings. The van der Waals surface area contributed by atoms with E-state index in [-0.39, 0.29) is 11.9 Å². The lowest BCUT2D eigenvalue weighted by molar-refractivity contribution is -0.121. The van der Waals surface area contributed by atoms with Crippen molar-refractivity contribution >= 4 is 22.9 Å². The third kappa shape index (κ3) is 4.29.